The number of carbonyl (C=O) groups excluding carboxylic acids is 1. The Hall–Kier alpha value is -4.15. The van der Waals surface area contributed by atoms with E-state index >= 15 is 0 Å². The molecule has 11 nitrogen and oxygen atoms in total. The van der Waals surface area contributed by atoms with Crippen molar-refractivity contribution in [2.45, 2.75) is 51.5 Å². The molecule has 0 aliphatic rings. The highest BCUT2D eigenvalue weighted by Gasteiger charge is 2.23. The first-order chi connectivity index (χ1) is 16.6. The van der Waals surface area contributed by atoms with Crippen molar-refractivity contribution in [1.82, 2.24) is 20.3 Å². The summed E-state index contributed by atoms with van der Waals surface area (Å²) in [5, 5.41) is 21.2. The minimum Gasteiger partial charge on any atom is -0.481 e. The molecule has 0 spiro atoms. The molecule has 2 aromatic heterocycles. The van der Waals surface area contributed by atoms with Gasteiger partial charge in [0.05, 0.1) is 5.39 Å². The molecule has 3 rings (SSSR count). The van der Waals surface area contributed by atoms with E-state index in [4.69, 9.17) is 16.6 Å². The second kappa shape index (κ2) is 10.9. The number of nitrogens with two attached hydrogens (primary N) is 2. The molecule has 35 heavy (non-hydrogen) atoms. The number of aromatic nitrogens is 3. The van der Waals surface area contributed by atoms with E-state index < -0.39 is 23.9 Å². The number of carboxylic acids is 2. The molecule has 0 radical (unpaired) electrons. The number of carbonyl (C=O) groups is 3. The summed E-state index contributed by atoms with van der Waals surface area (Å²) in [5.74, 6) is -2.01. The third kappa shape index (κ3) is 6.25. The highest BCUT2D eigenvalue weighted by atomic mass is 16.4. The lowest BCUT2D eigenvalue weighted by Gasteiger charge is -2.22. The van der Waals surface area contributed by atoms with Gasteiger partial charge in [0.1, 0.15) is 17.5 Å². The number of hydrogen-bond donors (Lipinski definition) is 6. The Morgan fingerprint density at radius 1 is 1.06 bits per heavy atom. The van der Waals surface area contributed by atoms with Crippen molar-refractivity contribution < 1.29 is 24.6 Å². The monoisotopic (exact) mass is 482 g/mol. The van der Waals surface area contributed by atoms with Crippen molar-refractivity contribution in [2.75, 3.05) is 11.5 Å². The number of H-pyrrole nitrogens is 1. The zero-order valence-corrected chi connectivity index (χ0v) is 19.6. The number of aliphatic carboxylic acids is 2. The first-order valence-electron chi connectivity index (χ1n) is 11.3. The van der Waals surface area contributed by atoms with Gasteiger partial charge in [-0.15, -0.1) is 0 Å². The van der Waals surface area contributed by atoms with Crippen LogP contribution < -0.4 is 16.8 Å². The van der Waals surface area contributed by atoms with Crippen molar-refractivity contribution in [3.8, 4) is 0 Å². The molecule has 2 atom stereocenters. The zero-order chi connectivity index (χ0) is 25.7. The van der Waals surface area contributed by atoms with Gasteiger partial charge in [-0.3, -0.25) is 9.59 Å². The molecule has 0 fully saturated rings. The average Bonchev–Trinajstić information content (AvgIpc) is 3.19. The highest BCUT2D eigenvalue weighted by Crippen LogP contribution is 2.32. The Balaban J connectivity index is 1.70. The number of anilines is 2. The van der Waals surface area contributed by atoms with Gasteiger partial charge in [-0.05, 0) is 54.4 Å². The molecule has 1 unspecified atom stereocenters. The van der Waals surface area contributed by atoms with Gasteiger partial charge in [0.25, 0.3) is 5.91 Å². The summed E-state index contributed by atoms with van der Waals surface area (Å²) >= 11 is 0. The van der Waals surface area contributed by atoms with Crippen molar-refractivity contribution in [3.05, 3.63) is 47.2 Å². The maximum Gasteiger partial charge on any atom is 0.326 e. The lowest BCUT2D eigenvalue weighted by atomic mass is 9.83. The summed E-state index contributed by atoms with van der Waals surface area (Å²) in [6, 6.07) is 5.75. The molecule has 0 aliphatic heterocycles. The van der Waals surface area contributed by atoms with Crippen molar-refractivity contribution in [1.29, 1.82) is 0 Å². The number of nitrogen functional groups attached to an aromatic ring is 2. The SMILES string of the molecule is CC(C)C(CCc1c[nH]c2nc(N)nc(N)c12)c1ccc(C(=O)N[C@@H](CCC(=O)O)C(=O)O)cc1. The summed E-state index contributed by atoms with van der Waals surface area (Å²) < 4.78 is 0. The van der Waals surface area contributed by atoms with Gasteiger partial charge in [-0.25, -0.2) is 4.79 Å². The minimum atomic E-state index is -1.28. The van der Waals surface area contributed by atoms with E-state index in [2.05, 4.69) is 34.1 Å². The predicted molar refractivity (Wildman–Crippen MR) is 131 cm³/mol. The molecular weight excluding hydrogens is 452 g/mol. The summed E-state index contributed by atoms with van der Waals surface area (Å²) in [5.41, 5.74) is 14.7. The number of amides is 1. The molecule has 0 bridgehead atoms. The number of nitrogens with one attached hydrogen (secondary N) is 2. The normalized spacial score (nSPS) is 13.0. The van der Waals surface area contributed by atoms with Crippen LogP contribution in [-0.2, 0) is 16.0 Å². The summed E-state index contributed by atoms with van der Waals surface area (Å²) in [6.07, 6.45) is 2.86. The number of aromatic amines is 1. The minimum absolute atomic E-state index is 0.115. The second-order valence-electron chi connectivity index (χ2n) is 8.81. The number of hydrogen-bond acceptors (Lipinski definition) is 7. The Morgan fingerprint density at radius 3 is 2.34 bits per heavy atom. The number of nitrogens with zero attached hydrogens (tertiary/aromatic N) is 2. The van der Waals surface area contributed by atoms with Gasteiger partial charge in [0.15, 0.2) is 0 Å². The van der Waals surface area contributed by atoms with Crippen LogP contribution in [0.25, 0.3) is 11.0 Å². The van der Waals surface area contributed by atoms with Crippen LogP contribution >= 0.6 is 0 Å². The number of carboxylic acid groups (broad SMARTS) is 2. The Bertz CT molecular complexity index is 1220. The molecule has 0 saturated heterocycles. The number of benzene rings is 1. The molecular formula is C24H30N6O5. The average molecular weight is 483 g/mol. The molecule has 0 aliphatic carbocycles. The second-order valence-corrected chi connectivity index (χ2v) is 8.81. The molecule has 8 N–H and O–H groups in total. The van der Waals surface area contributed by atoms with Gasteiger partial charge >= 0.3 is 11.9 Å². The zero-order valence-electron chi connectivity index (χ0n) is 19.6. The van der Waals surface area contributed by atoms with Crippen LogP contribution in [0, 0.1) is 5.92 Å². The largest absolute Gasteiger partial charge is 0.481 e. The van der Waals surface area contributed by atoms with Crippen molar-refractivity contribution in [3.63, 3.8) is 0 Å². The Labute approximate surface area is 202 Å². The molecule has 3 aromatic rings. The molecule has 11 heteroatoms. The van der Waals surface area contributed by atoms with E-state index in [-0.39, 0.29) is 24.7 Å². The lowest BCUT2D eigenvalue weighted by molar-refractivity contribution is -0.140. The van der Waals surface area contributed by atoms with E-state index in [0.717, 1.165) is 29.4 Å². The maximum atomic E-state index is 12.5. The standard InChI is InChI=1S/C24H30N6O5/c1-12(2)16(8-7-15-11-27-21-19(15)20(25)29-24(26)30-21)13-3-5-14(6-4-13)22(33)28-17(23(34)35)9-10-18(31)32/h3-6,11-12,16-17H,7-10H2,1-2H3,(H,28,33)(H,31,32)(H,34,35)(H5,25,26,27,29,30)/t16?,17-/m0/s1. The van der Waals surface area contributed by atoms with E-state index in [9.17, 15) is 19.5 Å². The number of fused-ring (bicyclic) bond motifs is 1. The molecule has 0 saturated carbocycles. The smallest absolute Gasteiger partial charge is 0.326 e. The van der Waals surface area contributed by atoms with E-state index in [1.807, 2.05) is 18.3 Å². The fourth-order valence-electron chi connectivity index (χ4n) is 4.19. The number of aryl methyl sites for hydroxylation is 1. The van der Waals surface area contributed by atoms with Crippen LogP contribution in [0.2, 0.25) is 0 Å². The molecule has 1 amide bonds. The molecule has 1 aromatic carbocycles. The topological polar surface area (TPSA) is 197 Å². The van der Waals surface area contributed by atoms with Gasteiger partial charge in [-0.2, -0.15) is 9.97 Å². The summed E-state index contributed by atoms with van der Waals surface area (Å²) in [4.78, 5) is 45.9. The van der Waals surface area contributed by atoms with Crippen molar-refractivity contribution in [2.24, 2.45) is 5.92 Å². The van der Waals surface area contributed by atoms with Crippen LogP contribution in [0.1, 0.15) is 60.5 Å². The number of rotatable bonds is 11. The summed E-state index contributed by atoms with van der Waals surface area (Å²) in [6.45, 7) is 4.25. The predicted octanol–water partition coefficient (Wildman–Crippen LogP) is 2.54. The highest BCUT2D eigenvalue weighted by molar-refractivity contribution is 5.96. The van der Waals surface area contributed by atoms with Crippen LogP contribution in [0.3, 0.4) is 0 Å². The maximum absolute atomic E-state index is 12.5. The quantitative estimate of drug-likeness (QED) is 0.238. The first kappa shape index (κ1) is 25.5. The fraction of sp³-hybridized carbons (Fsp3) is 0.375. The van der Waals surface area contributed by atoms with Crippen LogP contribution in [-0.4, -0.2) is 49.1 Å². The van der Waals surface area contributed by atoms with Crippen LogP contribution in [0.5, 0.6) is 0 Å². The van der Waals surface area contributed by atoms with E-state index in [1.54, 1.807) is 12.1 Å². The lowest BCUT2D eigenvalue weighted by Crippen LogP contribution is -2.41. The Kier molecular flexibility index (Phi) is 7.90. The fourth-order valence-corrected chi connectivity index (χ4v) is 4.19. The van der Waals surface area contributed by atoms with Gasteiger partial charge in [0.2, 0.25) is 5.95 Å². The third-order valence-electron chi connectivity index (χ3n) is 6.04. The van der Waals surface area contributed by atoms with Crippen LogP contribution in [0.15, 0.2) is 30.5 Å². The first-order valence-corrected chi connectivity index (χ1v) is 11.3. The third-order valence-corrected chi connectivity index (χ3v) is 6.04. The van der Waals surface area contributed by atoms with E-state index in [0.29, 0.717) is 22.9 Å². The summed E-state index contributed by atoms with van der Waals surface area (Å²) in [7, 11) is 0. The van der Waals surface area contributed by atoms with Gasteiger partial charge in [-0.1, -0.05) is 26.0 Å². The van der Waals surface area contributed by atoms with Crippen LogP contribution in [0.4, 0.5) is 11.8 Å². The van der Waals surface area contributed by atoms with Gasteiger partial charge in [0, 0.05) is 18.2 Å². The molecule has 186 valence electrons. The van der Waals surface area contributed by atoms with Crippen molar-refractivity contribution >= 4 is 40.6 Å². The van der Waals surface area contributed by atoms with Gasteiger partial charge < -0.3 is 32.0 Å². The molecule has 2 heterocycles. The Morgan fingerprint density at radius 2 is 1.74 bits per heavy atom. The van der Waals surface area contributed by atoms with E-state index in [1.165, 1.54) is 0 Å².